The molecule has 0 saturated heterocycles. The Hall–Kier alpha value is -0.830. The molecule has 1 N–H and O–H groups in total. The zero-order valence-electron chi connectivity index (χ0n) is 10.7. The van der Waals surface area contributed by atoms with E-state index in [-0.39, 0.29) is 5.54 Å². The van der Waals surface area contributed by atoms with Gasteiger partial charge in [-0.2, -0.15) is 0 Å². The molecule has 90 valence electrons. The molecule has 3 nitrogen and oxygen atoms in total. The lowest BCUT2D eigenvalue weighted by molar-refractivity contribution is 0.409. The lowest BCUT2D eigenvalue weighted by Gasteiger charge is -2.21. The average Bonchev–Trinajstić information content (AvgIpc) is 2.60. The fraction of sp³-hybridized carbons (Fsp3) is 0.769. The van der Waals surface area contributed by atoms with Crippen molar-refractivity contribution in [3.8, 4) is 0 Å². The normalized spacial score (nSPS) is 16.2. The molecule has 3 heteroatoms. The smallest absolute Gasteiger partial charge is 0.0952 e. The van der Waals surface area contributed by atoms with Crippen molar-refractivity contribution in [3.63, 3.8) is 0 Å². The Labute approximate surface area is 98.3 Å². The summed E-state index contributed by atoms with van der Waals surface area (Å²) in [5.41, 5.74) is 3.02. The molecular weight excluding hydrogens is 198 g/mol. The third-order valence-corrected chi connectivity index (χ3v) is 3.12. The zero-order chi connectivity index (χ0) is 11.6. The minimum absolute atomic E-state index is 0.209. The molecule has 0 aromatic carbocycles. The van der Waals surface area contributed by atoms with E-state index in [0.29, 0.717) is 0 Å². The van der Waals surface area contributed by atoms with Gasteiger partial charge < -0.3 is 9.88 Å². The summed E-state index contributed by atoms with van der Waals surface area (Å²) in [5, 5.41) is 3.52. The van der Waals surface area contributed by atoms with Crippen LogP contribution < -0.4 is 5.32 Å². The van der Waals surface area contributed by atoms with Crippen molar-refractivity contribution in [3.05, 3.63) is 17.7 Å². The van der Waals surface area contributed by atoms with Crippen LogP contribution in [0.4, 0.5) is 0 Å². The van der Waals surface area contributed by atoms with Crippen LogP contribution in [0, 0.1) is 0 Å². The third-order valence-electron chi connectivity index (χ3n) is 3.12. The lowest BCUT2D eigenvalue weighted by atomic mass is 10.0. The Kier molecular flexibility index (Phi) is 3.33. The summed E-state index contributed by atoms with van der Waals surface area (Å²) in [6.45, 7) is 8.68. The second-order valence-electron chi connectivity index (χ2n) is 5.72. The van der Waals surface area contributed by atoms with Crippen LogP contribution in [0.15, 0.2) is 6.33 Å². The van der Waals surface area contributed by atoms with Crippen LogP contribution >= 0.6 is 0 Å². The van der Waals surface area contributed by atoms with Crippen molar-refractivity contribution in [1.29, 1.82) is 0 Å². The first-order valence-corrected chi connectivity index (χ1v) is 6.34. The number of rotatable bonds is 3. The van der Waals surface area contributed by atoms with Crippen molar-refractivity contribution in [2.24, 2.45) is 0 Å². The molecule has 1 aliphatic rings. The predicted octanol–water partition coefficient (Wildman–Crippen LogP) is 2.15. The first-order valence-electron chi connectivity index (χ1n) is 6.34. The van der Waals surface area contributed by atoms with E-state index in [1.54, 1.807) is 0 Å². The fourth-order valence-electron chi connectivity index (χ4n) is 2.28. The van der Waals surface area contributed by atoms with E-state index in [9.17, 15) is 0 Å². The highest BCUT2D eigenvalue weighted by atomic mass is 15.1. The van der Waals surface area contributed by atoms with E-state index in [4.69, 9.17) is 0 Å². The van der Waals surface area contributed by atoms with Gasteiger partial charge in [-0.1, -0.05) is 0 Å². The zero-order valence-corrected chi connectivity index (χ0v) is 10.7. The maximum atomic E-state index is 4.51. The van der Waals surface area contributed by atoms with Crippen molar-refractivity contribution >= 4 is 0 Å². The van der Waals surface area contributed by atoms with Crippen LogP contribution in [-0.2, 0) is 19.4 Å². The summed E-state index contributed by atoms with van der Waals surface area (Å²) in [4.78, 5) is 4.51. The maximum absolute atomic E-state index is 4.51. The summed E-state index contributed by atoms with van der Waals surface area (Å²) in [6, 6.07) is 0. The van der Waals surface area contributed by atoms with Gasteiger partial charge in [-0.25, -0.2) is 4.98 Å². The Morgan fingerprint density at radius 3 is 2.81 bits per heavy atom. The molecule has 1 aromatic rings. The third kappa shape index (κ3) is 2.85. The van der Waals surface area contributed by atoms with Crippen LogP contribution in [0.5, 0.6) is 0 Å². The molecule has 1 heterocycles. The molecule has 0 bridgehead atoms. The summed E-state index contributed by atoms with van der Waals surface area (Å²) < 4.78 is 2.33. The van der Waals surface area contributed by atoms with E-state index < -0.39 is 0 Å². The van der Waals surface area contributed by atoms with Crippen LogP contribution in [0.2, 0.25) is 0 Å². The molecule has 0 amide bonds. The van der Waals surface area contributed by atoms with Crippen LogP contribution in [0.3, 0.4) is 0 Å². The minimum atomic E-state index is 0.209. The molecule has 1 aromatic heterocycles. The highest BCUT2D eigenvalue weighted by molar-refractivity contribution is 5.16. The monoisotopic (exact) mass is 221 g/mol. The van der Waals surface area contributed by atoms with E-state index >= 15 is 0 Å². The number of nitrogens with zero attached hydrogens (tertiary/aromatic N) is 2. The predicted molar refractivity (Wildman–Crippen MR) is 66.6 cm³/mol. The number of aromatic nitrogens is 2. The first kappa shape index (κ1) is 11.6. The molecule has 0 unspecified atom stereocenters. The number of nitrogens with one attached hydrogen (secondary N) is 1. The fourth-order valence-corrected chi connectivity index (χ4v) is 2.28. The Bertz CT molecular complexity index is 347. The topological polar surface area (TPSA) is 29.9 Å². The highest BCUT2D eigenvalue weighted by Gasteiger charge is 2.15. The summed E-state index contributed by atoms with van der Waals surface area (Å²) in [7, 11) is 0. The number of hydrogen-bond donors (Lipinski definition) is 1. The molecule has 2 rings (SSSR count). The van der Waals surface area contributed by atoms with Crippen molar-refractivity contribution in [1.82, 2.24) is 14.9 Å². The number of imidazole rings is 1. The van der Waals surface area contributed by atoms with Gasteiger partial charge in [0.25, 0.3) is 0 Å². The van der Waals surface area contributed by atoms with Crippen LogP contribution in [0.1, 0.15) is 45.0 Å². The summed E-state index contributed by atoms with van der Waals surface area (Å²) in [6.07, 6.45) is 7.04. The van der Waals surface area contributed by atoms with Crippen LogP contribution in [-0.4, -0.2) is 21.6 Å². The Morgan fingerprint density at radius 1 is 1.31 bits per heavy atom. The summed E-state index contributed by atoms with van der Waals surface area (Å²) >= 11 is 0. The molecule has 0 aliphatic heterocycles. The number of hydrogen-bond acceptors (Lipinski definition) is 2. The standard InChI is InChI=1S/C13H23N3/c1-13(2,3)15-8-9-16-10-14-11-6-4-5-7-12(11)16/h10,15H,4-9H2,1-3H3. The molecule has 16 heavy (non-hydrogen) atoms. The average molecular weight is 221 g/mol. The van der Waals surface area contributed by atoms with E-state index in [1.807, 2.05) is 6.33 Å². The van der Waals surface area contributed by atoms with Crippen molar-refractivity contribution in [2.45, 2.75) is 58.5 Å². The molecular formula is C13H23N3. The highest BCUT2D eigenvalue weighted by Crippen LogP contribution is 2.19. The van der Waals surface area contributed by atoms with E-state index in [0.717, 1.165) is 13.1 Å². The van der Waals surface area contributed by atoms with Gasteiger partial charge in [0, 0.05) is 24.3 Å². The van der Waals surface area contributed by atoms with Crippen molar-refractivity contribution < 1.29 is 0 Å². The molecule has 0 fully saturated rings. The molecule has 0 radical (unpaired) electrons. The van der Waals surface area contributed by atoms with Gasteiger partial charge in [0.1, 0.15) is 0 Å². The Morgan fingerprint density at radius 2 is 2.06 bits per heavy atom. The van der Waals surface area contributed by atoms with Crippen molar-refractivity contribution in [2.75, 3.05) is 6.54 Å². The van der Waals surface area contributed by atoms with E-state index in [2.05, 4.69) is 35.6 Å². The summed E-state index contributed by atoms with van der Waals surface area (Å²) in [5.74, 6) is 0. The van der Waals surface area contributed by atoms with Gasteiger partial charge >= 0.3 is 0 Å². The Balaban J connectivity index is 1.92. The number of fused-ring (bicyclic) bond motifs is 1. The van der Waals surface area contributed by atoms with Gasteiger partial charge in [-0.15, -0.1) is 0 Å². The maximum Gasteiger partial charge on any atom is 0.0952 e. The number of aryl methyl sites for hydroxylation is 1. The quantitative estimate of drug-likeness (QED) is 0.847. The second kappa shape index (κ2) is 4.58. The van der Waals surface area contributed by atoms with Gasteiger partial charge in [-0.3, -0.25) is 0 Å². The van der Waals surface area contributed by atoms with E-state index in [1.165, 1.54) is 37.1 Å². The largest absolute Gasteiger partial charge is 0.333 e. The van der Waals surface area contributed by atoms with Crippen LogP contribution in [0.25, 0.3) is 0 Å². The SMILES string of the molecule is CC(C)(C)NCCn1cnc2c1CCCC2. The van der Waals surface area contributed by atoms with Gasteiger partial charge in [0.2, 0.25) is 0 Å². The van der Waals surface area contributed by atoms with Gasteiger partial charge in [-0.05, 0) is 46.5 Å². The lowest BCUT2D eigenvalue weighted by Crippen LogP contribution is -2.38. The minimum Gasteiger partial charge on any atom is -0.333 e. The van der Waals surface area contributed by atoms with Gasteiger partial charge in [0.15, 0.2) is 0 Å². The molecule has 1 aliphatic carbocycles. The molecule has 0 atom stereocenters. The molecule has 0 spiro atoms. The van der Waals surface area contributed by atoms with Gasteiger partial charge in [0.05, 0.1) is 12.0 Å². The second-order valence-corrected chi connectivity index (χ2v) is 5.72. The first-order chi connectivity index (χ1) is 7.56. The molecule has 0 saturated carbocycles.